The Morgan fingerprint density at radius 1 is 1.25 bits per heavy atom. The van der Waals surface area contributed by atoms with E-state index in [1.54, 1.807) is 6.92 Å². The van der Waals surface area contributed by atoms with Gasteiger partial charge in [-0.15, -0.1) is 0 Å². The van der Waals surface area contributed by atoms with Gasteiger partial charge >= 0.3 is 6.18 Å². The van der Waals surface area contributed by atoms with Crippen molar-refractivity contribution in [3.05, 3.63) is 34.9 Å². The molecular formula is C16H21F3O. The second kappa shape index (κ2) is 5.76. The topological polar surface area (TPSA) is 20.2 Å². The van der Waals surface area contributed by atoms with E-state index < -0.39 is 17.8 Å². The van der Waals surface area contributed by atoms with Crippen molar-refractivity contribution in [3.8, 4) is 0 Å². The zero-order chi connectivity index (χ0) is 14.9. The van der Waals surface area contributed by atoms with Gasteiger partial charge in [-0.25, -0.2) is 0 Å². The summed E-state index contributed by atoms with van der Waals surface area (Å²) in [5.74, 6) is 0.743. The molecule has 0 saturated heterocycles. The minimum Gasteiger partial charge on any atom is -0.388 e. The van der Waals surface area contributed by atoms with Gasteiger partial charge in [0.25, 0.3) is 0 Å². The van der Waals surface area contributed by atoms with E-state index >= 15 is 0 Å². The van der Waals surface area contributed by atoms with Crippen LogP contribution in [0.15, 0.2) is 18.2 Å². The fraction of sp³-hybridized carbons (Fsp3) is 0.625. The number of aryl methyl sites for hydroxylation is 1. The lowest BCUT2D eigenvalue weighted by atomic mass is 9.77. The van der Waals surface area contributed by atoms with E-state index in [9.17, 15) is 18.3 Å². The Labute approximate surface area is 117 Å². The van der Waals surface area contributed by atoms with Gasteiger partial charge in [-0.3, -0.25) is 0 Å². The fourth-order valence-corrected chi connectivity index (χ4v) is 3.21. The molecule has 0 amide bonds. The van der Waals surface area contributed by atoms with E-state index in [4.69, 9.17) is 0 Å². The van der Waals surface area contributed by atoms with Crippen molar-refractivity contribution >= 4 is 0 Å². The number of hydrogen-bond donors (Lipinski definition) is 1. The van der Waals surface area contributed by atoms with E-state index in [2.05, 4.69) is 6.92 Å². The third-order valence-corrected chi connectivity index (χ3v) is 4.34. The highest BCUT2D eigenvalue weighted by atomic mass is 19.4. The molecule has 0 bridgehead atoms. The largest absolute Gasteiger partial charge is 0.416 e. The van der Waals surface area contributed by atoms with Crippen LogP contribution in [0, 0.1) is 18.8 Å². The standard InChI is InChI=1S/C16H21F3O/c1-10-4-3-5-12(8-10)15(20)14-7-6-13(9-11(14)2)16(17,18)19/h6-7,9-10,12,15,20H,3-5,8H2,1-2H3. The predicted molar refractivity (Wildman–Crippen MR) is 72.3 cm³/mol. The minimum atomic E-state index is -4.33. The van der Waals surface area contributed by atoms with Crippen LogP contribution in [0.2, 0.25) is 0 Å². The van der Waals surface area contributed by atoms with Crippen molar-refractivity contribution in [1.82, 2.24) is 0 Å². The third kappa shape index (κ3) is 3.35. The summed E-state index contributed by atoms with van der Waals surface area (Å²) in [6.07, 6.45) is -0.820. The molecule has 1 nitrogen and oxygen atoms in total. The normalized spacial score (nSPS) is 25.5. The Hall–Kier alpha value is -1.03. The Kier molecular flexibility index (Phi) is 4.43. The summed E-state index contributed by atoms with van der Waals surface area (Å²) >= 11 is 0. The van der Waals surface area contributed by atoms with Gasteiger partial charge in [-0.1, -0.05) is 25.8 Å². The lowest BCUT2D eigenvalue weighted by molar-refractivity contribution is -0.137. The van der Waals surface area contributed by atoms with E-state index in [1.807, 2.05) is 0 Å². The molecule has 0 aliphatic heterocycles. The Morgan fingerprint density at radius 3 is 2.50 bits per heavy atom. The highest BCUT2D eigenvalue weighted by molar-refractivity contribution is 5.34. The molecule has 1 aliphatic rings. The Bertz CT molecular complexity index is 467. The molecule has 0 spiro atoms. The summed E-state index contributed by atoms with van der Waals surface area (Å²) in [6, 6.07) is 3.63. The summed E-state index contributed by atoms with van der Waals surface area (Å²) in [4.78, 5) is 0. The monoisotopic (exact) mass is 286 g/mol. The van der Waals surface area contributed by atoms with Gasteiger partial charge in [0, 0.05) is 0 Å². The van der Waals surface area contributed by atoms with Crippen LogP contribution in [0.25, 0.3) is 0 Å². The number of aliphatic hydroxyl groups is 1. The fourth-order valence-electron chi connectivity index (χ4n) is 3.21. The summed E-state index contributed by atoms with van der Waals surface area (Å²) < 4.78 is 37.9. The van der Waals surface area contributed by atoms with E-state index in [1.165, 1.54) is 12.5 Å². The smallest absolute Gasteiger partial charge is 0.388 e. The summed E-state index contributed by atoms with van der Waals surface area (Å²) in [7, 11) is 0. The zero-order valence-electron chi connectivity index (χ0n) is 11.9. The molecule has 0 aromatic heterocycles. The average molecular weight is 286 g/mol. The van der Waals surface area contributed by atoms with Crippen LogP contribution in [-0.2, 0) is 6.18 Å². The minimum absolute atomic E-state index is 0.161. The van der Waals surface area contributed by atoms with Gasteiger partial charge in [0.05, 0.1) is 11.7 Å². The van der Waals surface area contributed by atoms with Crippen LogP contribution < -0.4 is 0 Å². The Morgan fingerprint density at radius 2 is 1.95 bits per heavy atom. The van der Waals surface area contributed by atoms with Gasteiger partial charge < -0.3 is 5.11 Å². The second-order valence-corrected chi connectivity index (χ2v) is 6.05. The first kappa shape index (κ1) is 15.4. The lowest BCUT2D eigenvalue weighted by Gasteiger charge is -2.31. The Balaban J connectivity index is 2.20. The summed E-state index contributed by atoms with van der Waals surface area (Å²) in [5, 5.41) is 10.5. The zero-order valence-corrected chi connectivity index (χ0v) is 11.9. The molecule has 3 atom stereocenters. The molecule has 3 unspecified atom stereocenters. The molecule has 1 aromatic carbocycles. The number of hydrogen-bond acceptors (Lipinski definition) is 1. The highest BCUT2D eigenvalue weighted by Crippen LogP contribution is 2.39. The van der Waals surface area contributed by atoms with Crippen molar-refractivity contribution in [3.63, 3.8) is 0 Å². The maximum Gasteiger partial charge on any atom is 0.416 e. The molecule has 4 heteroatoms. The molecule has 1 aliphatic carbocycles. The van der Waals surface area contributed by atoms with Crippen LogP contribution >= 0.6 is 0 Å². The molecule has 112 valence electrons. The molecule has 0 heterocycles. The molecule has 1 fully saturated rings. The molecular weight excluding hydrogens is 265 g/mol. The second-order valence-electron chi connectivity index (χ2n) is 6.05. The van der Waals surface area contributed by atoms with E-state index in [0.29, 0.717) is 17.0 Å². The first-order valence-corrected chi connectivity index (χ1v) is 7.15. The predicted octanol–water partition coefficient (Wildman–Crippen LogP) is 4.87. The van der Waals surface area contributed by atoms with Gasteiger partial charge in [0.1, 0.15) is 0 Å². The summed E-state index contributed by atoms with van der Waals surface area (Å²) in [5.41, 5.74) is 0.505. The van der Waals surface area contributed by atoms with Crippen molar-refractivity contribution in [1.29, 1.82) is 0 Å². The quantitative estimate of drug-likeness (QED) is 0.822. The van der Waals surface area contributed by atoms with Gasteiger partial charge in [0.2, 0.25) is 0 Å². The molecule has 0 radical (unpaired) electrons. The molecule has 20 heavy (non-hydrogen) atoms. The van der Waals surface area contributed by atoms with Gasteiger partial charge in [0.15, 0.2) is 0 Å². The summed E-state index contributed by atoms with van der Waals surface area (Å²) in [6.45, 7) is 3.80. The lowest BCUT2D eigenvalue weighted by Crippen LogP contribution is -2.21. The highest BCUT2D eigenvalue weighted by Gasteiger charge is 2.32. The maximum atomic E-state index is 12.6. The van der Waals surface area contributed by atoms with Gasteiger partial charge in [-0.2, -0.15) is 13.2 Å². The van der Waals surface area contributed by atoms with Crippen molar-refractivity contribution < 1.29 is 18.3 Å². The van der Waals surface area contributed by atoms with Crippen LogP contribution in [-0.4, -0.2) is 5.11 Å². The molecule has 2 rings (SSSR count). The van der Waals surface area contributed by atoms with Crippen LogP contribution in [0.1, 0.15) is 55.4 Å². The van der Waals surface area contributed by atoms with Crippen molar-refractivity contribution in [2.45, 2.75) is 51.8 Å². The number of halogens is 3. The van der Waals surface area contributed by atoms with Crippen LogP contribution in [0.4, 0.5) is 13.2 Å². The number of benzene rings is 1. The SMILES string of the molecule is Cc1cc(C(F)(F)F)ccc1C(O)C1CCCC(C)C1. The van der Waals surface area contributed by atoms with Crippen molar-refractivity contribution in [2.75, 3.05) is 0 Å². The molecule has 1 N–H and O–H groups in total. The molecule has 1 saturated carbocycles. The van der Waals surface area contributed by atoms with Gasteiger partial charge in [-0.05, 0) is 54.9 Å². The molecule has 1 aromatic rings. The average Bonchev–Trinajstić information content (AvgIpc) is 2.36. The third-order valence-electron chi connectivity index (χ3n) is 4.34. The maximum absolute atomic E-state index is 12.6. The first-order chi connectivity index (χ1) is 9.29. The van der Waals surface area contributed by atoms with Crippen molar-refractivity contribution in [2.24, 2.45) is 11.8 Å². The van der Waals surface area contributed by atoms with E-state index in [-0.39, 0.29) is 5.92 Å². The first-order valence-electron chi connectivity index (χ1n) is 7.15. The van der Waals surface area contributed by atoms with Crippen LogP contribution in [0.5, 0.6) is 0 Å². The number of rotatable bonds is 2. The van der Waals surface area contributed by atoms with Crippen LogP contribution in [0.3, 0.4) is 0 Å². The number of aliphatic hydroxyl groups excluding tert-OH is 1. The number of alkyl halides is 3. The van der Waals surface area contributed by atoms with E-state index in [0.717, 1.165) is 31.4 Å².